The first kappa shape index (κ1) is 12.0. The summed E-state index contributed by atoms with van der Waals surface area (Å²) >= 11 is 3.70. The number of thiazole rings is 1. The van der Waals surface area contributed by atoms with Crippen LogP contribution in [0.15, 0.2) is 0 Å². The Kier molecular flexibility index (Phi) is 5.52. The first-order chi connectivity index (χ1) is 6.74. The van der Waals surface area contributed by atoms with Crippen molar-refractivity contribution in [2.24, 2.45) is 0 Å². The molecule has 0 saturated heterocycles. The number of hydrogen-bond acceptors (Lipinski definition) is 4. The van der Waals surface area contributed by atoms with E-state index in [0.29, 0.717) is 0 Å². The monoisotopic (exact) mass is 230 g/mol. The predicted molar refractivity (Wildman–Crippen MR) is 66.3 cm³/mol. The van der Waals surface area contributed by atoms with Gasteiger partial charge in [0.1, 0.15) is 0 Å². The van der Waals surface area contributed by atoms with Gasteiger partial charge >= 0.3 is 0 Å². The second kappa shape index (κ2) is 6.43. The van der Waals surface area contributed by atoms with Crippen molar-refractivity contribution < 1.29 is 0 Å². The molecule has 80 valence electrons. The molecule has 0 bridgehead atoms. The van der Waals surface area contributed by atoms with Crippen molar-refractivity contribution in [1.82, 2.24) is 10.3 Å². The molecule has 2 nitrogen and oxygen atoms in total. The number of rotatable bonds is 6. The van der Waals surface area contributed by atoms with Gasteiger partial charge in [-0.05, 0) is 38.8 Å². The van der Waals surface area contributed by atoms with Crippen molar-refractivity contribution in [3.63, 3.8) is 0 Å². The lowest BCUT2D eigenvalue weighted by molar-refractivity contribution is 0.682. The molecule has 0 unspecified atom stereocenters. The van der Waals surface area contributed by atoms with E-state index in [1.54, 1.807) is 11.3 Å². The third kappa shape index (κ3) is 3.98. The van der Waals surface area contributed by atoms with Crippen LogP contribution >= 0.6 is 23.1 Å². The summed E-state index contributed by atoms with van der Waals surface area (Å²) in [6.45, 7) is 6.24. The van der Waals surface area contributed by atoms with Crippen LogP contribution in [0.1, 0.15) is 22.0 Å². The highest BCUT2D eigenvalue weighted by atomic mass is 32.2. The molecule has 0 aromatic carbocycles. The van der Waals surface area contributed by atoms with Crippen molar-refractivity contribution in [3.8, 4) is 0 Å². The Morgan fingerprint density at radius 1 is 1.43 bits per heavy atom. The lowest BCUT2D eigenvalue weighted by Crippen LogP contribution is -2.15. The van der Waals surface area contributed by atoms with Crippen LogP contribution in [0, 0.1) is 13.8 Å². The van der Waals surface area contributed by atoms with E-state index in [-0.39, 0.29) is 0 Å². The lowest BCUT2D eigenvalue weighted by Gasteiger charge is -2.02. The minimum Gasteiger partial charge on any atom is -0.312 e. The van der Waals surface area contributed by atoms with Crippen molar-refractivity contribution in [3.05, 3.63) is 15.6 Å². The maximum atomic E-state index is 4.40. The van der Waals surface area contributed by atoms with Crippen LogP contribution in [-0.2, 0) is 6.54 Å². The predicted octanol–water partition coefficient (Wildman–Crippen LogP) is 2.60. The molecule has 0 fully saturated rings. The second-order valence-corrected chi connectivity index (χ2v) is 5.54. The molecule has 1 N–H and O–H groups in total. The summed E-state index contributed by atoms with van der Waals surface area (Å²) in [6.07, 6.45) is 3.40. The number of aryl methyl sites for hydroxylation is 2. The Morgan fingerprint density at radius 2 is 2.21 bits per heavy atom. The van der Waals surface area contributed by atoms with Gasteiger partial charge in [0.15, 0.2) is 0 Å². The minimum absolute atomic E-state index is 0.978. The van der Waals surface area contributed by atoms with E-state index >= 15 is 0 Å². The van der Waals surface area contributed by atoms with Crippen LogP contribution in [0.2, 0.25) is 0 Å². The van der Waals surface area contributed by atoms with Crippen molar-refractivity contribution >= 4 is 23.1 Å². The van der Waals surface area contributed by atoms with Gasteiger partial charge in [-0.1, -0.05) is 0 Å². The zero-order valence-electron chi connectivity index (χ0n) is 9.09. The topological polar surface area (TPSA) is 24.9 Å². The van der Waals surface area contributed by atoms with Gasteiger partial charge in [-0.25, -0.2) is 4.98 Å². The molecule has 0 atom stereocenters. The molecule has 1 aromatic rings. The molecule has 4 heteroatoms. The maximum Gasteiger partial charge on any atom is 0.0900 e. The number of nitrogens with zero attached hydrogens (tertiary/aromatic N) is 1. The lowest BCUT2D eigenvalue weighted by atomic mass is 10.4. The fourth-order valence-electron chi connectivity index (χ4n) is 1.28. The molecule has 0 saturated carbocycles. The normalized spacial score (nSPS) is 10.8. The highest BCUT2D eigenvalue weighted by Crippen LogP contribution is 2.16. The van der Waals surface area contributed by atoms with Gasteiger partial charge < -0.3 is 5.32 Å². The Balaban J connectivity index is 2.21. The van der Waals surface area contributed by atoms with Gasteiger partial charge in [0.2, 0.25) is 0 Å². The van der Waals surface area contributed by atoms with Crippen molar-refractivity contribution in [2.45, 2.75) is 26.8 Å². The molecule has 0 amide bonds. The molecular formula is C10H18N2S2. The van der Waals surface area contributed by atoms with Gasteiger partial charge in [-0.3, -0.25) is 0 Å². The first-order valence-corrected chi connectivity index (χ1v) is 7.07. The molecule has 0 aliphatic rings. The van der Waals surface area contributed by atoms with E-state index in [9.17, 15) is 0 Å². The van der Waals surface area contributed by atoms with Crippen molar-refractivity contribution in [2.75, 3.05) is 18.6 Å². The van der Waals surface area contributed by atoms with Gasteiger partial charge in [-0.15, -0.1) is 11.3 Å². The van der Waals surface area contributed by atoms with E-state index < -0.39 is 0 Å². The molecule has 14 heavy (non-hydrogen) atoms. The minimum atomic E-state index is 0.978. The summed E-state index contributed by atoms with van der Waals surface area (Å²) in [5.74, 6) is 1.24. The van der Waals surface area contributed by atoms with Crippen LogP contribution < -0.4 is 5.32 Å². The van der Waals surface area contributed by atoms with Crippen LogP contribution in [0.4, 0.5) is 0 Å². The fraction of sp³-hybridized carbons (Fsp3) is 0.700. The smallest absolute Gasteiger partial charge is 0.0900 e. The zero-order chi connectivity index (χ0) is 10.4. The third-order valence-corrected chi connectivity index (χ3v) is 3.76. The van der Waals surface area contributed by atoms with Crippen LogP contribution in [0.3, 0.4) is 0 Å². The van der Waals surface area contributed by atoms with Gasteiger partial charge in [0.05, 0.1) is 10.7 Å². The SMILES string of the molecule is CSCCCNCc1sc(C)nc1C. The highest BCUT2D eigenvalue weighted by Gasteiger charge is 2.02. The molecule has 1 heterocycles. The van der Waals surface area contributed by atoms with E-state index in [4.69, 9.17) is 0 Å². The van der Waals surface area contributed by atoms with Crippen molar-refractivity contribution in [1.29, 1.82) is 0 Å². The van der Waals surface area contributed by atoms with E-state index in [1.165, 1.54) is 27.8 Å². The Morgan fingerprint density at radius 3 is 2.79 bits per heavy atom. The standard InChI is InChI=1S/C10H18N2S2/c1-8-10(14-9(2)12-8)7-11-5-4-6-13-3/h11H,4-7H2,1-3H3. The first-order valence-electron chi connectivity index (χ1n) is 4.86. The number of hydrogen-bond donors (Lipinski definition) is 1. The molecule has 0 spiro atoms. The maximum absolute atomic E-state index is 4.40. The second-order valence-electron chi connectivity index (χ2n) is 3.26. The van der Waals surface area contributed by atoms with E-state index in [2.05, 4.69) is 30.4 Å². The number of thioether (sulfide) groups is 1. The Labute approximate surface area is 94.5 Å². The summed E-state index contributed by atoms with van der Waals surface area (Å²) in [4.78, 5) is 5.78. The average Bonchev–Trinajstić information content (AvgIpc) is 2.45. The number of nitrogens with one attached hydrogen (secondary N) is 1. The largest absolute Gasteiger partial charge is 0.312 e. The summed E-state index contributed by atoms with van der Waals surface area (Å²) < 4.78 is 0. The molecule has 0 aliphatic heterocycles. The molecular weight excluding hydrogens is 212 g/mol. The third-order valence-electron chi connectivity index (χ3n) is 1.99. The molecule has 1 rings (SSSR count). The van der Waals surface area contributed by atoms with Crippen LogP contribution in [0.25, 0.3) is 0 Å². The van der Waals surface area contributed by atoms with E-state index in [0.717, 1.165) is 13.1 Å². The number of aromatic nitrogens is 1. The summed E-state index contributed by atoms with van der Waals surface area (Å²) in [5, 5.41) is 4.62. The van der Waals surface area contributed by atoms with Gasteiger partial charge in [0, 0.05) is 11.4 Å². The quantitative estimate of drug-likeness (QED) is 0.760. The Hall–Kier alpha value is -0.0600. The average molecular weight is 230 g/mol. The summed E-state index contributed by atoms with van der Waals surface area (Å²) in [6, 6.07) is 0. The van der Waals surface area contributed by atoms with Crippen LogP contribution in [-0.4, -0.2) is 23.5 Å². The summed E-state index contributed by atoms with van der Waals surface area (Å²) in [7, 11) is 0. The van der Waals surface area contributed by atoms with Gasteiger partial charge in [0.25, 0.3) is 0 Å². The Bertz CT molecular complexity index is 271. The molecule has 1 aromatic heterocycles. The molecule has 0 radical (unpaired) electrons. The highest BCUT2D eigenvalue weighted by molar-refractivity contribution is 7.98. The van der Waals surface area contributed by atoms with Crippen LogP contribution in [0.5, 0.6) is 0 Å². The molecule has 0 aliphatic carbocycles. The zero-order valence-corrected chi connectivity index (χ0v) is 10.7. The summed E-state index contributed by atoms with van der Waals surface area (Å²) in [5.41, 5.74) is 1.19. The van der Waals surface area contributed by atoms with E-state index in [1.807, 2.05) is 11.8 Å². The fourth-order valence-corrected chi connectivity index (χ4v) is 2.62. The van der Waals surface area contributed by atoms with Gasteiger partial charge in [-0.2, -0.15) is 11.8 Å².